The van der Waals surface area contributed by atoms with Crippen LogP contribution >= 0.6 is 0 Å². The Morgan fingerprint density at radius 3 is 1.56 bits per heavy atom. The van der Waals surface area contributed by atoms with Gasteiger partial charge >= 0.3 is 0 Å². The topological polar surface area (TPSA) is 55.4 Å². The van der Waals surface area contributed by atoms with Crippen LogP contribution in [0.25, 0.3) is 0 Å². The second kappa shape index (κ2) is 12.6. The lowest BCUT2D eigenvalue weighted by molar-refractivity contribution is 0.0640. The monoisotopic (exact) mass is 442 g/mol. The van der Waals surface area contributed by atoms with Gasteiger partial charge in [0.15, 0.2) is 23.0 Å². The van der Waals surface area contributed by atoms with Gasteiger partial charge in [0, 0.05) is 0 Å². The van der Waals surface area contributed by atoms with Gasteiger partial charge in [0.05, 0.1) is 26.4 Å². The lowest BCUT2D eigenvalue weighted by Gasteiger charge is -2.23. The lowest BCUT2D eigenvalue weighted by Crippen LogP contribution is -2.15. The molecule has 32 heavy (non-hydrogen) atoms. The van der Waals surface area contributed by atoms with Crippen LogP contribution in [0.1, 0.15) is 43.6 Å². The van der Waals surface area contributed by atoms with Gasteiger partial charge in [-0.1, -0.05) is 37.5 Å². The van der Waals surface area contributed by atoms with Crippen molar-refractivity contribution in [1.82, 2.24) is 0 Å². The molecule has 1 aliphatic carbocycles. The highest BCUT2D eigenvalue weighted by Crippen LogP contribution is 2.37. The van der Waals surface area contributed by atoms with Crippen LogP contribution in [0.3, 0.4) is 0 Å². The minimum Gasteiger partial charge on any atom is -0.487 e. The number of rotatable bonds is 1. The molecule has 0 saturated heterocycles. The number of hydrogen-bond acceptors (Lipinski definition) is 6. The van der Waals surface area contributed by atoms with E-state index in [9.17, 15) is 0 Å². The van der Waals surface area contributed by atoms with Crippen LogP contribution in [0, 0.1) is 0 Å². The highest BCUT2D eigenvalue weighted by molar-refractivity contribution is 5.44. The molecule has 1 fully saturated rings. The molecule has 0 aromatic heterocycles. The molecular weight excluding hydrogens is 408 g/mol. The molecule has 4 rings (SSSR count). The molecule has 6 heteroatoms. The zero-order valence-corrected chi connectivity index (χ0v) is 18.8. The Hall–Kier alpha value is -2.44. The highest BCUT2D eigenvalue weighted by atomic mass is 16.6. The van der Waals surface area contributed by atoms with Gasteiger partial charge in [0.1, 0.15) is 26.4 Å². The summed E-state index contributed by atoms with van der Waals surface area (Å²) in [5.41, 5.74) is 1.34. The molecule has 1 saturated carbocycles. The van der Waals surface area contributed by atoms with Crippen molar-refractivity contribution >= 4 is 0 Å². The van der Waals surface area contributed by atoms with Crippen molar-refractivity contribution in [3.05, 3.63) is 48.0 Å². The van der Waals surface area contributed by atoms with Crippen molar-refractivity contribution in [3.63, 3.8) is 0 Å². The molecule has 2 aromatic carbocycles. The van der Waals surface area contributed by atoms with Gasteiger partial charge in [-0.25, -0.2) is 0 Å². The van der Waals surface area contributed by atoms with E-state index in [4.69, 9.17) is 28.4 Å². The predicted octanol–water partition coefficient (Wildman–Crippen LogP) is 5.00. The van der Waals surface area contributed by atoms with Gasteiger partial charge in [-0.05, 0) is 48.6 Å². The standard InChI is InChI=1S/C26H34O6/c1-2-6-21(7-3-1)22-10-11-25-26(20-22)32-19-15-28-13-17-30-24-9-5-4-8-23(24)29-16-12-27-14-18-31-25/h4-5,8-11,20-21H,1-3,6-7,12-19H2. The molecule has 0 unspecified atom stereocenters. The smallest absolute Gasteiger partial charge is 0.161 e. The van der Waals surface area contributed by atoms with E-state index in [0.717, 1.165) is 11.5 Å². The van der Waals surface area contributed by atoms with E-state index in [0.29, 0.717) is 70.3 Å². The van der Waals surface area contributed by atoms with E-state index in [2.05, 4.69) is 12.1 Å². The van der Waals surface area contributed by atoms with Crippen molar-refractivity contribution in [3.8, 4) is 23.0 Å². The summed E-state index contributed by atoms with van der Waals surface area (Å²) < 4.78 is 35.1. The number of para-hydroxylation sites is 2. The first-order valence-corrected chi connectivity index (χ1v) is 11.8. The van der Waals surface area contributed by atoms with E-state index in [1.54, 1.807) is 0 Å². The van der Waals surface area contributed by atoms with E-state index in [1.165, 1.54) is 37.7 Å². The average molecular weight is 443 g/mol. The van der Waals surface area contributed by atoms with Gasteiger partial charge < -0.3 is 28.4 Å². The Kier molecular flexibility index (Phi) is 8.93. The third kappa shape index (κ3) is 6.78. The Labute approximate surface area is 190 Å². The van der Waals surface area contributed by atoms with Gasteiger partial charge in [0.25, 0.3) is 0 Å². The summed E-state index contributed by atoms with van der Waals surface area (Å²) in [5.74, 6) is 3.57. The van der Waals surface area contributed by atoms with Crippen molar-refractivity contribution in [2.45, 2.75) is 38.0 Å². The van der Waals surface area contributed by atoms with Crippen LogP contribution in [0.4, 0.5) is 0 Å². The Balaban J connectivity index is 1.37. The number of ether oxygens (including phenoxy) is 6. The fraction of sp³-hybridized carbons (Fsp3) is 0.538. The predicted molar refractivity (Wildman–Crippen MR) is 122 cm³/mol. The van der Waals surface area contributed by atoms with E-state index < -0.39 is 0 Å². The van der Waals surface area contributed by atoms with Gasteiger partial charge in [0.2, 0.25) is 0 Å². The van der Waals surface area contributed by atoms with Gasteiger partial charge in [-0.15, -0.1) is 0 Å². The molecule has 1 aliphatic heterocycles. The van der Waals surface area contributed by atoms with Gasteiger partial charge in [-0.2, -0.15) is 0 Å². The average Bonchev–Trinajstić information content (AvgIpc) is 2.84. The second-order valence-electron chi connectivity index (χ2n) is 8.11. The molecule has 6 nitrogen and oxygen atoms in total. The summed E-state index contributed by atoms with van der Waals surface area (Å²) in [6, 6.07) is 14.0. The fourth-order valence-corrected chi connectivity index (χ4v) is 4.18. The summed E-state index contributed by atoms with van der Waals surface area (Å²) in [6.45, 7) is 3.73. The molecular formula is C26H34O6. The van der Waals surface area contributed by atoms with Crippen LogP contribution in [-0.2, 0) is 9.47 Å². The van der Waals surface area contributed by atoms with Crippen molar-refractivity contribution in [2.24, 2.45) is 0 Å². The lowest BCUT2D eigenvalue weighted by atomic mass is 9.84. The van der Waals surface area contributed by atoms with Crippen molar-refractivity contribution in [2.75, 3.05) is 52.9 Å². The van der Waals surface area contributed by atoms with Crippen molar-refractivity contribution in [1.29, 1.82) is 0 Å². The molecule has 2 aromatic rings. The van der Waals surface area contributed by atoms with E-state index >= 15 is 0 Å². The third-order valence-electron chi connectivity index (χ3n) is 5.83. The number of hydrogen-bond donors (Lipinski definition) is 0. The number of fused-ring (bicyclic) bond motifs is 2. The molecule has 0 atom stereocenters. The first-order valence-electron chi connectivity index (χ1n) is 11.8. The first-order chi connectivity index (χ1) is 15.9. The molecule has 0 N–H and O–H groups in total. The zero-order valence-electron chi connectivity index (χ0n) is 18.8. The summed E-state index contributed by atoms with van der Waals surface area (Å²) in [7, 11) is 0. The Bertz CT molecular complexity index is 818. The van der Waals surface area contributed by atoms with Crippen LogP contribution in [-0.4, -0.2) is 52.9 Å². The molecule has 0 amide bonds. The summed E-state index contributed by atoms with van der Waals surface area (Å²) in [4.78, 5) is 0. The summed E-state index contributed by atoms with van der Waals surface area (Å²) in [5, 5.41) is 0. The van der Waals surface area contributed by atoms with E-state index in [1.807, 2.05) is 30.3 Å². The molecule has 174 valence electrons. The van der Waals surface area contributed by atoms with Crippen LogP contribution < -0.4 is 18.9 Å². The summed E-state index contributed by atoms with van der Waals surface area (Å²) >= 11 is 0. The molecule has 0 spiro atoms. The largest absolute Gasteiger partial charge is 0.487 e. The quantitative estimate of drug-likeness (QED) is 0.620. The maximum absolute atomic E-state index is 6.07. The Morgan fingerprint density at radius 1 is 0.500 bits per heavy atom. The third-order valence-corrected chi connectivity index (χ3v) is 5.83. The minimum atomic E-state index is 0.446. The minimum absolute atomic E-state index is 0.446. The van der Waals surface area contributed by atoms with E-state index in [-0.39, 0.29) is 0 Å². The zero-order chi connectivity index (χ0) is 21.8. The molecule has 2 aliphatic rings. The Morgan fingerprint density at radius 2 is 1.00 bits per heavy atom. The fourth-order valence-electron chi connectivity index (χ4n) is 4.18. The normalized spacial score (nSPS) is 19.5. The molecule has 0 radical (unpaired) electrons. The van der Waals surface area contributed by atoms with Crippen LogP contribution in [0.2, 0.25) is 0 Å². The maximum Gasteiger partial charge on any atom is 0.161 e. The highest BCUT2D eigenvalue weighted by Gasteiger charge is 2.18. The first kappa shape index (κ1) is 22.7. The second-order valence-corrected chi connectivity index (χ2v) is 8.11. The number of benzene rings is 2. The van der Waals surface area contributed by atoms with Crippen molar-refractivity contribution < 1.29 is 28.4 Å². The van der Waals surface area contributed by atoms with Crippen LogP contribution in [0.5, 0.6) is 23.0 Å². The van der Waals surface area contributed by atoms with Gasteiger partial charge in [-0.3, -0.25) is 0 Å². The van der Waals surface area contributed by atoms with Crippen LogP contribution in [0.15, 0.2) is 42.5 Å². The SMILES string of the molecule is c1ccc2c(c1)OCCOCCOc1ccc(C3CCCCC3)cc1OCCOCCO2. The molecule has 1 heterocycles. The maximum atomic E-state index is 6.07. The molecule has 0 bridgehead atoms. The summed E-state index contributed by atoms with van der Waals surface area (Å²) in [6.07, 6.45) is 6.46.